The largest absolute Gasteiger partial charge is 0.368 e. The molecule has 1 amide bonds. The molecule has 4 rings (SSSR count). The Morgan fingerprint density at radius 3 is 2.59 bits per heavy atom. The zero-order chi connectivity index (χ0) is 22.7. The zero-order valence-corrected chi connectivity index (χ0v) is 19.0. The molecule has 0 radical (unpaired) electrons. The minimum absolute atomic E-state index is 0.0907. The number of amidine groups is 1. The molecule has 2 N–H and O–H groups in total. The van der Waals surface area contributed by atoms with Crippen LogP contribution in [-0.2, 0) is 9.59 Å². The number of Topliss-reactive ketones (excluding diaryl/α,β-unsaturated/α-hetero) is 1. The molecular formula is C24H32N6O2. The van der Waals surface area contributed by atoms with E-state index in [0.29, 0.717) is 29.5 Å². The Kier molecular flexibility index (Phi) is 6.69. The van der Waals surface area contributed by atoms with Crippen molar-refractivity contribution in [3.05, 3.63) is 41.9 Å². The standard InChI is InChI=1S/C24H32N6O2/c1-16-14-22(30(19-6-4-5-7-19)24(32)23(16)17(2)31)28-18(3)27-21-9-8-20(15-26-21)29-12-10-25-11-13-29/h8-9,15,19,25H,3-7,10-14H2,1-2H3,(H,26,27)/b28-22+. The maximum absolute atomic E-state index is 13.2. The number of hydrogen-bond donors (Lipinski definition) is 2. The number of rotatable bonds is 6. The van der Waals surface area contributed by atoms with Crippen molar-refractivity contribution in [1.29, 1.82) is 0 Å². The summed E-state index contributed by atoms with van der Waals surface area (Å²) in [7, 11) is 0. The highest BCUT2D eigenvalue weighted by atomic mass is 16.2. The summed E-state index contributed by atoms with van der Waals surface area (Å²) in [4.78, 5) is 38.5. The molecule has 0 aromatic carbocycles. The summed E-state index contributed by atoms with van der Waals surface area (Å²) in [5, 5.41) is 6.50. The first-order valence-corrected chi connectivity index (χ1v) is 11.4. The van der Waals surface area contributed by atoms with E-state index in [2.05, 4.69) is 32.1 Å². The molecule has 0 atom stereocenters. The van der Waals surface area contributed by atoms with Crippen molar-refractivity contribution >= 4 is 29.0 Å². The lowest BCUT2D eigenvalue weighted by Crippen LogP contribution is -2.48. The molecule has 0 unspecified atom stereocenters. The van der Waals surface area contributed by atoms with Crippen molar-refractivity contribution in [2.24, 2.45) is 4.99 Å². The second-order valence-corrected chi connectivity index (χ2v) is 8.74. The van der Waals surface area contributed by atoms with Gasteiger partial charge in [-0.05, 0) is 44.4 Å². The Morgan fingerprint density at radius 1 is 1.25 bits per heavy atom. The second-order valence-electron chi connectivity index (χ2n) is 8.74. The fourth-order valence-electron chi connectivity index (χ4n) is 4.82. The van der Waals surface area contributed by atoms with Crippen LogP contribution in [0.3, 0.4) is 0 Å². The van der Waals surface area contributed by atoms with E-state index < -0.39 is 0 Å². The van der Waals surface area contributed by atoms with E-state index in [1.165, 1.54) is 6.92 Å². The summed E-state index contributed by atoms with van der Waals surface area (Å²) in [5.74, 6) is 1.33. The summed E-state index contributed by atoms with van der Waals surface area (Å²) < 4.78 is 0. The van der Waals surface area contributed by atoms with Crippen molar-refractivity contribution in [3.63, 3.8) is 0 Å². The van der Waals surface area contributed by atoms with E-state index in [4.69, 9.17) is 0 Å². The third kappa shape index (κ3) is 4.75. The number of anilines is 2. The van der Waals surface area contributed by atoms with Gasteiger partial charge in [-0.2, -0.15) is 0 Å². The molecule has 1 saturated heterocycles. The first-order valence-electron chi connectivity index (χ1n) is 11.4. The fourth-order valence-corrected chi connectivity index (χ4v) is 4.82. The number of carbonyl (C=O) groups is 2. The first-order chi connectivity index (χ1) is 15.4. The van der Waals surface area contributed by atoms with Crippen LogP contribution in [0.5, 0.6) is 0 Å². The number of carbonyl (C=O) groups excluding carboxylic acids is 2. The van der Waals surface area contributed by atoms with E-state index in [1.807, 2.05) is 25.3 Å². The first kappa shape index (κ1) is 22.2. The Balaban J connectivity index is 1.51. The smallest absolute Gasteiger partial charge is 0.263 e. The topological polar surface area (TPSA) is 89.9 Å². The minimum atomic E-state index is -0.224. The number of piperazine rings is 1. The van der Waals surface area contributed by atoms with Crippen LogP contribution in [0.25, 0.3) is 0 Å². The van der Waals surface area contributed by atoms with Gasteiger partial charge in [-0.25, -0.2) is 9.98 Å². The molecule has 3 heterocycles. The van der Waals surface area contributed by atoms with E-state index in [0.717, 1.165) is 63.1 Å². The van der Waals surface area contributed by atoms with Gasteiger partial charge in [0.25, 0.3) is 5.91 Å². The maximum atomic E-state index is 13.2. The molecule has 1 aromatic rings. The van der Waals surface area contributed by atoms with E-state index in [-0.39, 0.29) is 17.7 Å². The molecule has 1 aliphatic carbocycles. The van der Waals surface area contributed by atoms with Crippen LogP contribution < -0.4 is 15.5 Å². The summed E-state index contributed by atoms with van der Waals surface area (Å²) >= 11 is 0. The number of pyridine rings is 1. The summed E-state index contributed by atoms with van der Waals surface area (Å²) in [6, 6.07) is 4.05. The van der Waals surface area contributed by atoms with Crippen LogP contribution in [0.1, 0.15) is 46.0 Å². The van der Waals surface area contributed by atoms with Gasteiger partial charge in [-0.3, -0.25) is 14.5 Å². The molecule has 1 aromatic heterocycles. The molecule has 1 saturated carbocycles. The SMILES string of the molecule is C=C(/N=C1\CC(C)=C(C(C)=O)C(=O)N1C1CCCC1)Nc1ccc(N2CCNCC2)cn1. The summed E-state index contributed by atoms with van der Waals surface area (Å²) in [5.41, 5.74) is 2.16. The number of nitrogens with zero attached hydrogens (tertiary/aromatic N) is 4. The maximum Gasteiger partial charge on any atom is 0.263 e. The highest BCUT2D eigenvalue weighted by Gasteiger charge is 2.37. The number of amides is 1. The molecule has 0 bridgehead atoms. The van der Waals surface area contributed by atoms with E-state index >= 15 is 0 Å². The number of nitrogens with one attached hydrogen (secondary N) is 2. The molecule has 170 valence electrons. The van der Waals surface area contributed by atoms with Crippen LogP contribution in [0.4, 0.5) is 11.5 Å². The number of hydrogen-bond acceptors (Lipinski definition) is 7. The number of aliphatic imine (C=N–C) groups is 1. The molecule has 8 heteroatoms. The van der Waals surface area contributed by atoms with Crippen LogP contribution in [0.2, 0.25) is 0 Å². The molecule has 32 heavy (non-hydrogen) atoms. The Morgan fingerprint density at radius 2 is 1.97 bits per heavy atom. The van der Waals surface area contributed by atoms with Crippen LogP contribution >= 0.6 is 0 Å². The lowest BCUT2D eigenvalue weighted by atomic mass is 9.95. The van der Waals surface area contributed by atoms with Gasteiger partial charge in [0.15, 0.2) is 5.78 Å². The highest BCUT2D eigenvalue weighted by molar-refractivity contribution is 6.25. The molecule has 0 spiro atoms. The predicted octanol–water partition coefficient (Wildman–Crippen LogP) is 2.85. The van der Waals surface area contributed by atoms with Crippen molar-refractivity contribution in [2.45, 2.75) is 52.0 Å². The van der Waals surface area contributed by atoms with Crippen molar-refractivity contribution in [3.8, 4) is 0 Å². The number of aromatic nitrogens is 1. The average Bonchev–Trinajstić information content (AvgIpc) is 3.28. The average molecular weight is 437 g/mol. The quantitative estimate of drug-likeness (QED) is 0.667. The van der Waals surface area contributed by atoms with Gasteiger partial charge in [0, 0.05) is 38.6 Å². The van der Waals surface area contributed by atoms with Crippen LogP contribution in [-0.4, -0.2) is 59.6 Å². The van der Waals surface area contributed by atoms with Crippen LogP contribution in [0, 0.1) is 0 Å². The highest BCUT2D eigenvalue weighted by Crippen LogP contribution is 2.31. The predicted molar refractivity (Wildman–Crippen MR) is 127 cm³/mol. The third-order valence-corrected chi connectivity index (χ3v) is 6.37. The molecule has 3 aliphatic rings. The Bertz CT molecular complexity index is 953. The summed E-state index contributed by atoms with van der Waals surface area (Å²) in [6.45, 7) is 11.2. The monoisotopic (exact) mass is 436 g/mol. The minimum Gasteiger partial charge on any atom is -0.368 e. The van der Waals surface area contributed by atoms with Gasteiger partial charge in [0.1, 0.15) is 17.5 Å². The molecule has 8 nitrogen and oxygen atoms in total. The molecule has 2 aliphatic heterocycles. The van der Waals surface area contributed by atoms with Gasteiger partial charge < -0.3 is 15.5 Å². The van der Waals surface area contributed by atoms with Crippen molar-refractivity contribution < 1.29 is 9.59 Å². The van der Waals surface area contributed by atoms with Gasteiger partial charge in [-0.1, -0.05) is 19.4 Å². The lowest BCUT2D eigenvalue weighted by molar-refractivity contribution is -0.128. The Hall–Kier alpha value is -3.00. The second kappa shape index (κ2) is 9.65. The van der Waals surface area contributed by atoms with Crippen LogP contribution in [0.15, 0.2) is 46.9 Å². The van der Waals surface area contributed by atoms with E-state index in [9.17, 15) is 9.59 Å². The number of ketones is 1. The van der Waals surface area contributed by atoms with Crippen molar-refractivity contribution in [2.75, 3.05) is 36.4 Å². The summed E-state index contributed by atoms with van der Waals surface area (Å²) in [6.07, 6.45) is 6.36. The molecule has 2 fully saturated rings. The van der Waals surface area contributed by atoms with Crippen molar-refractivity contribution in [1.82, 2.24) is 15.2 Å². The molecular weight excluding hydrogens is 404 g/mol. The van der Waals surface area contributed by atoms with Gasteiger partial charge in [0.05, 0.1) is 17.5 Å². The Labute approximate surface area is 189 Å². The van der Waals surface area contributed by atoms with E-state index in [1.54, 1.807) is 4.90 Å². The third-order valence-electron chi connectivity index (χ3n) is 6.37. The normalized spacial score (nSPS) is 21.4. The van der Waals surface area contributed by atoms with Gasteiger partial charge >= 0.3 is 0 Å². The lowest BCUT2D eigenvalue weighted by Gasteiger charge is -2.34. The van der Waals surface area contributed by atoms with Gasteiger partial charge in [-0.15, -0.1) is 0 Å². The zero-order valence-electron chi connectivity index (χ0n) is 19.0. The fraction of sp³-hybridized carbons (Fsp3) is 0.500. The van der Waals surface area contributed by atoms with Gasteiger partial charge in [0.2, 0.25) is 0 Å².